The summed E-state index contributed by atoms with van der Waals surface area (Å²) in [6.07, 6.45) is 3.33. The second-order valence-electron chi connectivity index (χ2n) is 4.50. The van der Waals surface area contributed by atoms with Crippen LogP contribution in [0.1, 0.15) is 24.0 Å². The molecule has 5 heteroatoms. The van der Waals surface area contributed by atoms with Crippen molar-refractivity contribution in [3.8, 4) is 11.5 Å². The van der Waals surface area contributed by atoms with Gasteiger partial charge >= 0.3 is 0 Å². The summed E-state index contributed by atoms with van der Waals surface area (Å²) < 4.78 is 16.1. The molecule has 3 rings (SSSR count). The molecular weight excluding hydrogens is 234 g/mol. The number of hydrogen-bond donors (Lipinski definition) is 0. The van der Waals surface area contributed by atoms with E-state index < -0.39 is 5.54 Å². The van der Waals surface area contributed by atoms with Crippen molar-refractivity contribution < 1.29 is 19.0 Å². The van der Waals surface area contributed by atoms with E-state index in [-0.39, 0.29) is 6.79 Å². The number of rotatable bonds is 4. The fraction of sp³-hybridized carbons (Fsp3) is 0.462. The van der Waals surface area contributed by atoms with Crippen LogP contribution in [0.2, 0.25) is 0 Å². The second-order valence-corrected chi connectivity index (χ2v) is 4.50. The molecule has 1 saturated carbocycles. The zero-order valence-corrected chi connectivity index (χ0v) is 10.1. The summed E-state index contributed by atoms with van der Waals surface area (Å²) in [4.78, 5) is 14.6. The maximum atomic E-state index is 10.6. The van der Waals surface area contributed by atoms with Gasteiger partial charge < -0.3 is 14.2 Å². The quantitative estimate of drug-likeness (QED) is 0.602. The van der Waals surface area contributed by atoms with E-state index in [2.05, 4.69) is 4.99 Å². The maximum Gasteiger partial charge on any atom is 0.235 e. The van der Waals surface area contributed by atoms with Crippen molar-refractivity contribution in [3.63, 3.8) is 0 Å². The summed E-state index contributed by atoms with van der Waals surface area (Å²) in [6.45, 7) is 0.668. The molecule has 0 radical (unpaired) electrons. The lowest BCUT2D eigenvalue weighted by Gasteiger charge is -2.16. The first kappa shape index (κ1) is 11.3. The lowest BCUT2D eigenvalue weighted by molar-refractivity contribution is 0.171. The third-order valence-corrected chi connectivity index (χ3v) is 3.37. The fourth-order valence-corrected chi connectivity index (χ4v) is 2.42. The Hall–Kier alpha value is -1.84. The normalized spacial score (nSPS) is 18.3. The van der Waals surface area contributed by atoms with Crippen LogP contribution >= 0.6 is 0 Å². The summed E-state index contributed by atoms with van der Waals surface area (Å²) in [7, 11) is 1.64. The van der Waals surface area contributed by atoms with Crippen LogP contribution in [-0.4, -0.2) is 20.0 Å². The first-order valence-electron chi connectivity index (χ1n) is 5.81. The van der Waals surface area contributed by atoms with Gasteiger partial charge in [0.15, 0.2) is 11.5 Å². The highest BCUT2D eigenvalue weighted by Gasteiger charge is 2.49. The minimum absolute atomic E-state index is 0.208. The lowest BCUT2D eigenvalue weighted by atomic mass is 9.97. The highest BCUT2D eigenvalue weighted by molar-refractivity contribution is 5.58. The van der Waals surface area contributed by atoms with E-state index >= 15 is 0 Å². The first-order valence-corrected chi connectivity index (χ1v) is 5.81. The molecule has 0 amide bonds. The predicted octanol–water partition coefficient (Wildman–Crippen LogP) is 1.89. The van der Waals surface area contributed by atoms with Gasteiger partial charge in [0, 0.05) is 12.7 Å². The molecule has 0 spiro atoms. The average Bonchev–Trinajstić information content (AvgIpc) is 2.98. The van der Waals surface area contributed by atoms with Crippen molar-refractivity contribution in [2.45, 2.75) is 25.0 Å². The van der Waals surface area contributed by atoms with Crippen molar-refractivity contribution in [2.75, 3.05) is 13.9 Å². The van der Waals surface area contributed by atoms with Gasteiger partial charge in [-0.1, -0.05) is 6.07 Å². The zero-order chi connectivity index (χ0) is 12.6. The van der Waals surface area contributed by atoms with Crippen LogP contribution in [0.4, 0.5) is 0 Å². The van der Waals surface area contributed by atoms with Gasteiger partial charge in [0.25, 0.3) is 0 Å². The molecule has 5 nitrogen and oxygen atoms in total. The van der Waals surface area contributed by atoms with Crippen LogP contribution in [0.25, 0.3) is 0 Å². The molecule has 1 aliphatic heterocycles. The number of isocyanates is 1. The van der Waals surface area contributed by atoms with E-state index in [1.807, 2.05) is 12.1 Å². The van der Waals surface area contributed by atoms with E-state index in [1.54, 1.807) is 13.2 Å². The minimum Gasteiger partial charge on any atom is -0.454 e. The topological polar surface area (TPSA) is 57.1 Å². The van der Waals surface area contributed by atoms with Gasteiger partial charge in [-0.05, 0) is 24.5 Å². The lowest BCUT2D eigenvalue weighted by Crippen LogP contribution is -2.09. The van der Waals surface area contributed by atoms with Gasteiger partial charge in [0.1, 0.15) is 5.54 Å². The van der Waals surface area contributed by atoms with E-state index in [1.165, 1.54) is 0 Å². The summed E-state index contributed by atoms with van der Waals surface area (Å²) in [5, 5.41) is 0. The first-order chi connectivity index (χ1) is 8.80. The molecule has 0 aromatic heterocycles. The van der Waals surface area contributed by atoms with Crippen molar-refractivity contribution in [3.05, 3.63) is 23.3 Å². The molecule has 1 heterocycles. The second kappa shape index (κ2) is 4.12. The van der Waals surface area contributed by atoms with E-state index in [4.69, 9.17) is 14.2 Å². The molecule has 1 aromatic rings. The average molecular weight is 247 g/mol. The molecule has 0 N–H and O–H groups in total. The molecule has 94 valence electrons. The zero-order valence-electron chi connectivity index (χ0n) is 10.1. The highest BCUT2D eigenvalue weighted by atomic mass is 16.7. The number of ether oxygens (including phenoxy) is 3. The van der Waals surface area contributed by atoms with Crippen molar-refractivity contribution >= 4 is 6.08 Å². The number of methoxy groups -OCH3 is 1. The monoisotopic (exact) mass is 247 g/mol. The Morgan fingerprint density at radius 3 is 2.94 bits per heavy atom. The molecule has 0 bridgehead atoms. The summed E-state index contributed by atoms with van der Waals surface area (Å²) >= 11 is 0. The van der Waals surface area contributed by atoms with Crippen molar-refractivity contribution in [2.24, 2.45) is 4.99 Å². The van der Waals surface area contributed by atoms with Crippen LogP contribution in [0.5, 0.6) is 11.5 Å². The number of hydrogen-bond acceptors (Lipinski definition) is 5. The molecule has 0 unspecified atom stereocenters. The van der Waals surface area contributed by atoms with Gasteiger partial charge in [-0.3, -0.25) is 0 Å². The van der Waals surface area contributed by atoms with Gasteiger partial charge in [-0.25, -0.2) is 4.79 Å². The number of fused-ring (bicyclic) bond motifs is 1. The van der Waals surface area contributed by atoms with Gasteiger partial charge in [-0.2, -0.15) is 4.99 Å². The maximum absolute atomic E-state index is 10.6. The standard InChI is InChI=1S/C13H13NO4/c1-16-6-9-2-3-10-12(18-8-17-10)11(9)13(4-5-13)14-7-15/h2-3H,4-6,8H2,1H3. The molecule has 1 aromatic carbocycles. The summed E-state index contributed by atoms with van der Waals surface area (Å²) in [5.74, 6) is 1.40. The SMILES string of the molecule is COCc1ccc2c(c1C1(N=C=O)CC1)OCO2. The Morgan fingerprint density at radius 1 is 1.44 bits per heavy atom. The largest absolute Gasteiger partial charge is 0.454 e. The van der Waals surface area contributed by atoms with Crippen LogP contribution in [0.15, 0.2) is 17.1 Å². The van der Waals surface area contributed by atoms with E-state index in [0.717, 1.165) is 24.0 Å². The molecular formula is C13H13NO4. The van der Waals surface area contributed by atoms with Crippen molar-refractivity contribution in [1.29, 1.82) is 0 Å². The van der Waals surface area contributed by atoms with Crippen LogP contribution < -0.4 is 9.47 Å². The molecule has 1 aliphatic carbocycles. The Morgan fingerprint density at radius 2 is 2.28 bits per heavy atom. The third kappa shape index (κ3) is 1.60. The molecule has 0 saturated heterocycles. The number of benzene rings is 1. The minimum atomic E-state index is -0.478. The van der Waals surface area contributed by atoms with Gasteiger partial charge in [0.05, 0.1) is 6.61 Å². The summed E-state index contributed by atoms with van der Waals surface area (Å²) in [5.41, 5.74) is 1.43. The molecule has 2 aliphatic rings. The third-order valence-electron chi connectivity index (χ3n) is 3.37. The van der Waals surface area contributed by atoms with Crippen LogP contribution in [0, 0.1) is 0 Å². The Kier molecular flexibility index (Phi) is 2.58. The Bertz CT molecular complexity index is 530. The van der Waals surface area contributed by atoms with Gasteiger partial charge in [-0.15, -0.1) is 0 Å². The number of nitrogens with zero attached hydrogens (tertiary/aromatic N) is 1. The Labute approximate surface area is 104 Å². The molecule has 18 heavy (non-hydrogen) atoms. The predicted molar refractivity (Wildman–Crippen MR) is 62.3 cm³/mol. The van der Waals surface area contributed by atoms with Crippen LogP contribution in [0.3, 0.4) is 0 Å². The fourth-order valence-electron chi connectivity index (χ4n) is 2.42. The highest BCUT2D eigenvalue weighted by Crippen LogP contribution is 2.56. The van der Waals surface area contributed by atoms with Crippen LogP contribution in [-0.2, 0) is 21.7 Å². The van der Waals surface area contributed by atoms with E-state index in [0.29, 0.717) is 18.1 Å². The molecule has 1 fully saturated rings. The number of carbonyl (C=O) groups excluding carboxylic acids is 1. The smallest absolute Gasteiger partial charge is 0.235 e. The summed E-state index contributed by atoms with van der Waals surface area (Å²) in [6, 6.07) is 3.80. The van der Waals surface area contributed by atoms with E-state index in [9.17, 15) is 4.79 Å². The van der Waals surface area contributed by atoms with Gasteiger partial charge in [0.2, 0.25) is 12.9 Å². The molecule has 0 atom stereocenters. The number of aliphatic imine (C=N–C) groups is 1. The van der Waals surface area contributed by atoms with Crippen molar-refractivity contribution in [1.82, 2.24) is 0 Å². The Balaban J connectivity index is 2.16.